The van der Waals surface area contributed by atoms with Gasteiger partial charge in [0, 0.05) is 6.04 Å². The molecule has 1 N–H and O–H groups in total. The molecule has 0 fully saturated rings. The highest BCUT2D eigenvalue weighted by Crippen LogP contribution is 2.14. The quantitative estimate of drug-likeness (QED) is 0.801. The Morgan fingerprint density at radius 1 is 1.14 bits per heavy atom. The second kappa shape index (κ2) is 8.16. The zero-order chi connectivity index (χ0) is 15.9. The van der Waals surface area contributed by atoms with Crippen LogP contribution in [0.5, 0.6) is 0 Å². The average Bonchev–Trinajstić information content (AvgIpc) is 2.38. The Balaban J connectivity index is 2.62. The van der Waals surface area contributed by atoms with Gasteiger partial charge in [0.1, 0.15) is 0 Å². The Kier molecular flexibility index (Phi) is 6.86. The van der Waals surface area contributed by atoms with Crippen molar-refractivity contribution in [2.24, 2.45) is 5.92 Å². The minimum Gasteiger partial charge on any atom is -0.208 e. The molecule has 1 unspecified atom stereocenters. The monoisotopic (exact) mass is 308 g/mol. The van der Waals surface area contributed by atoms with Gasteiger partial charge in [0.15, 0.2) is 0 Å². The fourth-order valence-corrected chi connectivity index (χ4v) is 3.38. The van der Waals surface area contributed by atoms with Gasteiger partial charge in [-0.2, -0.15) is 5.26 Å². The fraction of sp³-hybridized carbons (Fsp3) is 0.562. The maximum absolute atomic E-state index is 12.2. The van der Waals surface area contributed by atoms with Gasteiger partial charge < -0.3 is 0 Å². The summed E-state index contributed by atoms with van der Waals surface area (Å²) in [5, 5.41) is 8.61. The lowest BCUT2D eigenvalue weighted by Gasteiger charge is -2.15. The highest BCUT2D eigenvalue weighted by atomic mass is 32.2. The highest BCUT2D eigenvalue weighted by Gasteiger charge is 2.17. The van der Waals surface area contributed by atoms with Gasteiger partial charge in [0.2, 0.25) is 10.0 Å². The van der Waals surface area contributed by atoms with Crippen LogP contribution in [0.1, 0.15) is 45.6 Å². The van der Waals surface area contributed by atoms with E-state index in [-0.39, 0.29) is 10.9 Å². The molecular weight excluding hydrogens is 284 g/mol. The van der Waals surface area contributed by atoms with E-state index in [1.807, 2.05) is 13.0 Å². The van der Waals surface area contributed by atoms with E-state index in [9.17, 15) is 8.42 Å². The van der Waals surface area contributed by atoms with E-state index in [4.69, 9.17) is 5.26 Å². The van der Waals surface area contributed by atoms with Crippen LogP contribution in [-0.4, -0.2) is 14.5 Å². The lowest BCUT2D eigenvalue weighted by atomic mass is 10.0. The maximum Gasteiger partial charge on any atom is 0.240 e. The largest absolute Gasteiger partial charge is 0.240 e. The third-order valence-corrected chi connectivity index (χ3v) is 4.90. The molecule has 0 radical (unpaired) electrons. The first-order valence-electron chi connectivity index (χ1n) is 7.33. The second-order valence-electron chi connectivity index (χ2n) is 5.83. The van der Waals surface area contributed by atoms with Gasteiger partial charge in [-0.3, -0.25) is 0 Å². The van der Waals surface area contributed by atoms with Crippen molar-refractivity contribution in [3.63, 3.8) is 0 Å². The van der Waals surface area contributed by atoms with Crippen LogP contribution >= 0.6 is 0 Å². The molecule has 1 aromatic carbocycles. The molecular formula is C16H24N2O2S. The third-order valence-electron chi connectivity index (χ3n) is 3.29. The van der Waals surface area contributed by atoms with Crippen molar-refractivity contribution in [2.75, 3.05) is 0 Å². The van der Waals surface area contributed by atoms with E-state index >= 15 is 0 Å². The molecule has 116 valence electrons. The summed E-state index contributed by atoms with van der Waals surface area (Å²) in [4.78, 5) is 0.250. The molecule has 0 amide bonds. The van der Waals surface area contributed by atoms with Crippen molar-refractivity contribution >= 4 is 10.0 Å². The number of rotatable bonds is 8. The Hall–Kier alpha value is -1.38. The van der Waals surface area contributed by atoms with Crippen LogP contribution in [0.3, 0.4) is 0 Å². The molecule has 0 spiro atoms. The predicted molar refractivity (Wildman–Crippen MR) is 84.2 cm³/mol. The van der Waals surface area contributed by atoms with E-state index in [2.05, 4.69) is 18.6 Å². The summed E-state index contributed by atoms with van der Waals surface area (Å²) in [5.41, 5.74) is 0.821. The van der Waals surface area contributed by atoms with Crippen molar-refractivity contribution in [3.05, 3.63) is 29.8 Å². The summed E-state index contributed by atoms with van der Waals surface area (Å²) >= 11 is 0. The van der Waals surface area contributed by atoms with Crippen molar-refractivity contribution < 1.29 is 8.42 Å². The Labute approximate surface area is 128 Å². The second-order valence-corrected chi connectivity index (χ2v) is 7.54. The van der Waals surface area contributed by atoms with Crippen LogP contribution in [0, 0.1) is 17.2 Å². The van der Waals surface area contributed by atoms with Gasteiger partial charge >= 0.3 is 0 Å². The lowest BCUT2D eigenvalue weighted by molar-refractivity contribution is 0.488. The van der Waals surface area contributed by atoms with E-state index in [1.54, 1.807) is 24.3 Å². The van der Waals surface area contributed by atoms with Gasteiger partial charge in [0.25, 0.3) is 0 Å². The number of hydrogen-bond acceptors (Lipinski definition) is 3. The molecule has 0 bridgehead atoms. The molecule has 21 heavy (non-hydrogen) atoms. The van der Waals surface area contributed by atoms with Crippen LogP contribution < -0.4 is 4.72 Å². The van der Waals surface area contributed by atoms with Crippen molar-refractivity contribution in [1.29, 1.82) is 5.26 Å². The molecule has 5 heteroatoms. The number of benzene rings is 1. The van der Waals surface area contributed by atoms with Crippen molar-refractivity contribution in [3.8, 4) is 6.07 Å². The Morgan fingerprint density at radius 2 is 1.76 bits per heavy atom. The minimum absolute atomic E-state index is 0.0764. The normalized spacial score (nSPS) is 13.1. The van der Waals surface area contributed by atoms with E-state index in [0.717, 1.165) is 24.8 Å². The number of nitriles is 1. The minimum atomic E-state index is -3.47. The summed E-state index contributed by atoms with van der Waals surface area (Å²) in [6.07, 6.45) is 3.25. The van der Waals surface area contributed by atoms with E-state index in [1.165, 1.54) is 0 Å². The number of nitrogens with one attached hydrogen (secondary N) is 1. The molecule has 1 rings (SSSR count). The molecule has 4 nitrogen and oxygen atoms in total. The van der Waals surface area contributed by atoms with Crippen LogP contribution in [0.4, 0.5) is 0 Å². The highest BCUT2D eigenvalue weighted by molar-refractivity contribution is 7.89. The topological polar surface area (TPSA) is 70.0 Å². The summed E-state index contributed by atoms with van der Waals surface area (Å²) < 4.78 is 27.2. The zero-order valence-corrected chi connectivity index (χ0v) is 13.8. The standard InChI is InChI=1S/C16H24N2O2S/c1-13(2)5-4-6-14(3)18-21(19,20)16-9-7-15(8-10-16)11-12-17/h7-10,13-14,18H,4-6,11H2,1-3H3. The van der Waals surface area contributed by atoms with E-state index < -0.39 is 10.0 Å². The van der Waals surface area contributed by atoms with Gasteiger partial charge in [-0.1, -0.05) is 38.8 Å². The molecule has 0 saturated heterocycles. The zero-order valence-electron chi connectivity index (χ0n) is 13.0. The van der Waals surface area contributed by atoms with Gasteiger partial charge in [-0.25, -0.2) is 13.1 Å². The molecule has 0 heterocycles. The fourth-order valence-electron chi connectivity index (χ4n) is 2.10. The molecule has 0 aromatic heterocycles. The van der Waals surface area contributed by atoms with Gasteiger partial charge in [-0.15, -0.1) is 0 Å². The summed E-state index contributed by atoms with van der Waals surface area (Å²) in [5.74, 6) is 0.640. The van der Waals surface area contributed by atoms with Crippen LogP contribution in [0.2, 0.25) is 0 Å². The average molecular weight is 308 g/mol. The van der Waals surface area contributed by atoms with Gasteiger partial charge in [-0.05, 0) is 37.0 Å². The maximum atomic E-state index is 12.2. The third kappa shape index (κ3) is 6.28. The van der Waals surface area contributed by atoms with Crippen LogP contribution in [0.15, 0.2) is 29.2 Å². The van der Waals surface area contributed by atoms with E-state index in [0.29, 0.717) is 12.3 Å². The number of sulfonamides is 1. The first-order chi connectivity index (χ1) is 9.85. The summed E-state index contributed by atoms with van der Waals surface area (Å²) in [6, 6.07) is 8.43. The molecule has 1 atom stereocenters. The number of hydrogen-bond donors (Lipinski definition) is 1. The molecule has 0 aliphatic heterocycles. The number of nitrogens with zero attached hydrogens (tertiary/aromatic N) is 1. The Morgan fingerprint density at radius 3 is 2.29 bits per heavy atom. The molecule has 0 saturated carbocycles. The molecule has 0 aliphatic rings. The van der Waals surface area contributed by atoms with Crippen molar-refractivity contribution in [1.82, 2.24) is 4.72 Å². The molecule has 1 aromatic rings. The van der Waals surface area contributed by atoms with Crippen LogP contribution in [0.25, 0.3) is 0 Å². The van der Waals surface area contributed by atoms with Crippen molar-refractivity contribution in [2.45, 2.75) is 57.4 Å². The smallest absolute Gasteiger partial charge is 0.208 e. The molecule has 0 aliphatic carbocycles. The lowest BCUT2D eigenvalue weighted by Crippen LogP contribution is -2.32. The summed E-state index contributed by atoms with van der Waals surface area (Å²) in [6.45, 7) is 6.22. The Bertz CT molecular complexity index is 571. The predicted octanol–water partition coefficient (Wildman–Crippen LogP) is 3.25. The van der Waals surface area contributed by atoms with Crippen LogP contribution in [-0.2, 0) is 16.4 Å². The summed E-state index contributed by atoms with van der Waals surface area (Å²) in [7, 11) is -3.47. The SMILES string of the molecule is CC(C)CCCC(C)NS(=O)(=O)c1ccc(CC#N)cc1. The first-order valence-corrected chi connectivity index (χ1v) is 8.81. The van der Waals surface area contributed by atoms with Gasteiger partial charge in [0.05, 0.1) is 17.4 Å². The first kappa shape index (κ1) is 17.7.